The Labute approximate surface area is 165 Å². The van der Waals surface area contributed by atoms with Crippen molar-refractivity contribution < 1.29 is 9.59 Å². The van der Waals surface area contributed by atoms with E-state index in [4.69, 9.17) is 4.98 Å². The summed E-state index contributed by atoms with van der Waals surface area (Å²) >= 11 is 4.50. The monoisotopic (exact) mass is 410 g/mol. The highest BCUT2D eigenvalue weighted by molar-refractivity contribution is 8.00. The van der Waals surface area contributed by atoms with Crippen LogP contribution in [0.5, 0.6) is 0 Å². The van der Waals surface area contributed by atoms with E-state index in [2.05, 4.69) is 22.5 Å². The lowest BCUT2D eigenvalue weighted by Gasteiger charge is -2.18. The van der Waals surface area contributed by atoms with E-state index in [0.29, 0.717) is 16.8 Å². The van der Waals surface area contributed by atoms with Gasteiger partial charge in [-0.2, -0.15) is 0 Å². The fourth-order valence-electron chi connectivity index (χ4n) is 2.87. The van der Waals surface area contributed by atoms with E-state index >= 15 is 0 Å². The number of nitrogens with zero attached hydrogens (tertiary/aromatic N) is 2. The van der Waals surface area contributed by atoms with E-state index in [1.807, 2.05) is 0 Å². The number of amides is 2. The summed E-state index contributed by atoms with van der Waals surface area (Å²) in [6.45, 7) is 2.28. The molecule has 2 heterocycles. The summed E-state index contributed by atoms with van der Waals surface area (Å²) in [5, 5.41) is 7.81. The third-order valence-corrected chi connectivity index (χ3v) is 7.30. The quantitative estimate of drug-likeness (QED) is 0.432. The fourth-order valence-corrected chi connectivity index (χ4v) is 6.07. The van der Waals surface area contributed by atoms with Crippen LogP contribution in [0.1, 0.15) is 23.8 Å². The molecule has 0 unspecified atom stereocenters. The minimum atomic E-state index is -0.0578. The average Bonchev–Trinajstić information content (AvgIpc) is 3.00. The molecule has 0 spiro atoms. The Morgan fingerprint density at radius 1 is 1.15 bits per heavy atom. The van der Waals surface area contributed by atoms with Crippen LogP contribution in [0.2, 0.25) is 0 Å². The molecule has 26 heavy (non-hydrogen) atoms. The van der Waals surface area contributed by atoms with Gasteiger partial charge >= 0.3 is 0 Å². The van der Waals surface area contributed by atoms with Crippen molar-refractivity contribution in [1.82, 2.24) is 20.6 Å². The summed E-state index contributed by atoms with van der Waals surface area (Å²) in [5.74, 6) is 1.21. The molecule has 3 rings (SSSR count). The zero-order valence-electron chi connectivity index (χ0n) is 15.0. The Kier molecular flexibility index (Phi) is 6.42. The second-order valence-electron chi connectivity index (χ2n) is 6.27. The van der Waals surface area contributed by atoms with E-state index in [-0.39, 0.29) is 17.6 Å². The number of carbonyl (C=O) groups is 2. The van der Waals surface area contributed by atoms with Gasteiger partial charge in [-0.3, -0.25) is 9.59 Å². The molecule has 0 aliphatic heterocycles. The van der Waals surface area contributed by atoms with E-state index in [1.165, 1.54) is 40.4 Å². The molecule has 0 radical (unpaired) electrons. The van der Waals surface area contributed by atoms with Gasteiger partial charge in [-0.15, -0.1) is 11.3 Å². The van der Waals surface area contributed by atoms with Crippen LogP contribution in [0, 0.1) is 5.92 Å². The fraction of sp³-hybridized carbons (Fsp3) is 0.529. The first kappa shape index (κ1) is 19.4. The van der Waals surface area contributed by atoms with Crippen molar-refractivity contribution in [3.8, 4) is 0 Å². The molecule has 140 valence electrons. The number of fused-ring (bicyclic) bond motifs is 3. The predicted molar refractivity (Wildman–Crippen MR) is 108 cm³/mol. The van der Waals surface area contributed by atoms with Gasteiger partial charge in [0, 0.05) is 24.4 Å². The van der Waals surface area contributed by atoms with Crippen molar-refractivity contribution in [2.45, 2.75) is 36.4 Å². The van der Waals surface area contributed by atoms with Gasteiger partial charge < -0.3 is 10.6 Å². The molecular formula is C17H22N4O2S3. The Hall–Kier alpha value is -1.32. The van der Waals surface area contributed by atoms with Gasteiger partial charge in [0.1, 0.15) is 9.86 Å². The standard InChI is InChI=1S/C17H22N4O2S3/c1-9-4-5-10-11(6-9)26-16-14(10)15(24-7-12(22)18-2)20-17(21-16)25-8-13(23)19-3/h9H,4-8H2,1-3H3,(H,18,22)(H,19,23)/t9-/m1/s1. The van der Waals surface area contributed by atoms with Crippen molar-refractivity contribution in [3.63, 3.8) is 0 Å². The Morgan fingerprint density at radius 3 is 2.54 bits per heavy atom. The second-order valence-corrected chi connectivity index (χ2v) is 9.26. The van der Waals surface area contributed by atoms with Gasteiger partial charge in [0.25, 0.3) is 0 Å². The van der Waals surface area contributed by atoms with Gasteiger partial charge in [-0.05, 0) is 30.7 Å². The van der Waals surface area contributed by atoms with Crippen LogP contribution in [0.25, 0.3) is 10.2 Å². The molecular weight excluding hydrogens is 388 g/mol. The van der Waals surface area contributed by atoms with Crippen LogP contribution in [-0.4, -0.2) is 47.4 Å². The Bertz CT molecular complexity index is 837. The molecule has 0 saturated heterocycles. The molecule has 2 N–H and O–H groups in total. The number of nitrogens with one attached hydrogen (secondary N) is 2. The topological polar surface area (TPSA) is 84.0 Å². The van der Waals surface area contributed by atoms with Gasteiger partial charge in [0.2, 0.25) is 11.8 Å². The van der Waals surface area contributed by atoms with Crippen LogP contribution in [0.15, 0.2) is 10.2 Å². The summed E-state index contributed by atoms with van der Waals surface area (Å²) in [6, 6.07) is 0. The maximum absolute atomic E-state index is 11.7. The molecule has 2 amide bonds. The van der Waals surface area contributed by atoms with Crippen LogP contribution in [0.4, 0.5) is 0 Å². The molecule has 0 bridgehead atoms. The number of thioether (sulfide) groups is 2. The molecule has 0 saturated carbocycles. The van der Waals surface area contributed by atoms with Gasteiger partial charge in [0.15, 0.2) is 5.16 Å². The number of hydrogen-bond acceptors (Lipinski definition) is 7. The van der Waals surface area contributed by atoms with E-state index in [9.17, 15) is 9.59 Å². The molecule has 1 aliphatic rings. The number of hydrogen-bond donors (Lipinski definition) is 2. The van der Waals surface area contributed by atoms with Crippen molar-refractivity contribution in [2.75, 3.05) is 25.6 Å². The zero-order chi connectivity index (χ0) is 18.7. The maximum atomic E-state index is 11.7. The van der Waals surface area contributed by atoms with Crippen LogP contribution in [0.3, 0.4) is 0 Å². The summed E-state index contributed by atoms with van der Waals surface area (Å²) in [4.78, 5) is 35.0. The van der Waals surface area contributed by atoms with Crippen molar-refractivity contribution in [3.05, 3.63) is 10.4 Å². The summed E-state index contributed by atoms with van der Waals surface area (Å²) in [6.07, 6.45) is 3.29. The Morgan fingerprint density at radius 2 is 1.85 bits per heavy atom. The largest absolute Gasteiger partial charge is 0.358 e. The van der Waals surface area contributed by atoms with Gasteiger partial charge in [-0.25, -0.2) is 9.97 Å². The molecule has 1 atom stereocenters. The average molecular weight is 411 g/mol. The SMILES string of the molecule is CNC(=O)CSc1nc(SCC(=O)NC)c2c3c(sc2n1)C[C@H](C)CC3. The Balaban J connectivity index is 1.97. The molecule has 0 fully saturated rings. The minimum Gasteiger partial charge on any atom is -0.358 e. The number of thiophene rings is 1. The molecule has 2 aromatic rings. The third-order valence-electron chi connectivity index (χ3n) is 4.33. The predicted octanol–water partition coefficient (Wildman–Crippen LogP) is 2.49. The van der Waals surface area contributed by atoms with Crippen molar-refractivity contribution in [2.24, 2.45) is 5.92 Å². The summed E-state index contributed by atoms with van der Waals surface area (Å²) < 4.78 is 0. The summed E-state index contributed by atoms with van der Waals surface area (Å²) in [5.41, 5.74) is 1.35. The highest BCUT2D eigenvalue weighted by Gasteiger charge is 2.24. The molecule has 2 aromatic heterocycles. The second kappa shape index (κ2) is 8.58. The van der Waals surface area contributed by atoms with Crippen LogP contribution < -0.4 is 10.6 Å². The number of aromatic nitrogens is 2. The van der Waals surface area contributed by atoms with Crippen LogP contribution in [-0.2, 0) is 22.4 Å². The van der Waals surface area contributed by atoms with Crippen LogP contribution >= 0.6 is 34.9 Å². The normalized spacial score (nSPS) is 16.3. The van der Waals surface area contributed by atoms with E-state index in [1.54, 1.807) is 25.4 Å². The lowest BCUT2D eigenvalue weighted by Crippen LogP contribution is -2.20. The first-order valence-electron chi connectivity index (χ1n) is 8.50. The third kappa shape index (κ3) is 4.32. The molecule has 6 nitrogen and oxygen atoms in total. The molecule has 1 aliphatic carbocycles. The summed E-state index contributed by atoms with van der Waals surface area (Å²) in [7, 11) is 3.25. The number of aryl methyl sites for hydroxylation is 1. The minimum absolute atomic E-state index is 0.0287. The van der Waals surface area contributed by atoms with E-state index < -0.39 is 0 Å². The number of carbonyl (C=O) groups excluding carboxylic acids is 2. The first-order chi connectivity index (χ1) is 12.5. The molecule has 9 heteroatoms. The maximum Gasteiger partial charge on any atom is 0.230 e. The van der Waals surface area contributed by atoms with Crippen molar-refractivity contribution >= 4 is 56.9 Å². The van der Waals surface area contributed by atoms with Crippen molar-refractivity contribution in [1.29, 1.82) is 0 Å². The lowest BCUT2D eigenvalue weighted by atomic mass is 9.89. The van der Waals surface area contributed by atoms with Gasteiger partial charge in [-0.1, -0.05) is 30.4 Å². The molecule has 0 aromatic carbocycles. The van der Waals surface area contributed by atoms with Gasteiger partial charge in [0.05, 0.1) is 11.5 Å². The highest BCUT2D eigenvalue weighted by atomic mass is 32.2. The van der Waals surface area contributed by atoms with E-state index in [0.717, 1.165) is 28.1 Å². The highest BCUT2D eigenvalue weighted by Crippen LogP contribution is 2.41. The first-order valence-corrected chi connectivity index (χ1v) is 11.3. The smallest absolute Gasteiger partial charge is 0.230 e. The lowest BCUT2D eigenvalue weighted by molar-refractivity contribution is -0.118. The number of rotatable bonds is 6. The zero-order valence-corrected chi connectivity index (χ0v) is 17.5.